The van der Waals surface area contributed by atoms with Gasteiger partial charge in [-0.1, -0.05) is 35.6 Å². The third kappa shape index (κ3) is 2.92. The molecule has 0 fully saturated rings. The van der Waals surface area contributed by atoms with Crippen LogP contribution in [0.3, 0.4) is 0 Å². The number of aromatic hydroxyl groups is 1. The number of hydrogen-bond acceptors (Lipinski definition) is 5. The van der Waals surface area contributed by atoms with Gasteiger partial charge in [0, 0.05) is 30.1 Å². The molecule has 0 unspecified atom stereocenters. The van der Waals surface area contributed by atoms with Gasteiger partial charge >= 0.3 is 0 Å². The van der Waals surface area contributed by atoms with Gasteiger partial charge in [-0.2, -0.15) is 0 Å². The number of rotatable bonds is 2. The van der Waals surface area contributed by atoms with Crippen LogP contribution in [0, 0.1) is 6.92 Å². The molecule has 5 nitrogen and oxygen atoms in total. The summed E-state index contributed by atoms with van der Waals surface area (Å²) in [6.45, 7) is 1.93. The van der Waals surface area contributed by atoms with Gasteiger partial charge in [0.15, 0.2) is 10.6 Å². The van der Waals surface area contributed by atoms with E-state index in [9.17, 15) is 5.11 Å². The molecule has 1 aliphatic rings. The highest BCUT2D eigenvalue weighted by molar-refractivity contribution is 7.10. The largest absolute Gasteiger partial charge is 0.493 e. The maximum absolute atomic E-state index is 10.5. The molecule has 0 aliphatic carbocycles. The normalized spacial score (nSPS) is 15.1. The highest BCUT2D eigenvalue weighted by Gasteiger charge is 2.14. The molecule has 0 radical (unpaired) electrons. The van der Waals surface area contributed by atoms with Gasteiger partial charge in [0.05, 0.1) is 10.6 Å². The van der Waals surface area contributed by atoms with Crippen molar-refractivity contribution in [3.8, 4) is 5.88 Å². The van der Waals surface area contributed by atoms with Gasteiger partial charge in [-0.25, -0.2) is 9.98 Å². The van der Waals surface area contributed by atoms with Crippen molar-refractivity contribution in [3.05, 3.63) is 63.4 Å². The number of para-hydroxylation sites is 1. The number of pyridine rings is 1. The Morgan fingerprint density at radius 3 is 2.84 bits per heavy atom. The van der Waals surface area contributed by atoms with Crippen molar-refractivity contribution in [2.75, 3.05) is 0 Å². The summed E-state index contributed by atoms with van der Waals surface area (Å²) >= 11 is 1.42. The smallest absolute Gasteiger partial charge is 0.210 e. The van der Waals surface area contributed by atoms with E-state index in [2.05, 4.69) is 15.0 Å². The minimum atomic E-state index is 0.182. The minimum absolute atomic E-state index is 0.182. The molecule has 25 heavy (non-hydrogen) atoms. The lowest BCUT2D eigenvalue weighted by Crippen LogP contribution is -2.09. The quantitative estimate of drug-likeness (QED) is 0.761. The lowest BCUT2D eigenvalue weighted by Gasteiger charge is -1.98. The summed E-state index contributed by atoms with van der Waals surface area (Å²) in [7, 11) is 1.79. The average molecular weight is 348 g/mol. The molecule has 4 rings (SSSR count). The summed E-state index contributed by atoms with van der Waals surface area (Å²) < 4.78 is 1.67. The van der Waals surface area contributed by atoms with E-state index in [0.717, 1.165) is 27.4 Å². The first kappa shape index (κ1) is 15.5. The summed E-state index contributed by atoms with van der Waals surface area (Å²) in [5, 5.41) is 10.5. The van der Waals surface area contributed by atoms with Crippen LogP contribution < -0.4 is 4.80 Å². The highest BCUT2D eigenvalue weighted by Crippen LogP contribution is 2.34. The SMILES string of the molecule is Cc1cccc(/N=c2/sc(/C=C3\C=Nc4ccccc43)c(O)n2C)n1. The number of nitrogens with zero attached hydrogens (tertiary/aromatic N) is 4. The second-order valence-electron chi connectivity index (χ2n) is 5.76. The molecular weight excluding hydrogens is 332 g/mol. The summed E-state index contributed by atoms with van der Waals surface area (Å²) in [6.07, 6.45) is 3.76. The van der Waals surface area contributed by atoms with Crippen LogP contribution in [0.1, 0.15) is 16.1 Å². The van der Waals surface area contributed by atoms with Crippen LogP contribution in [0.15, 0.2) is 52.4 Å². The molecule has 0 amide bonds. The summed E-state index contributed by atoms with van der Waals surface area (Å²) in [4.78, 5) is 14.8. The fourth-order valence-corrected chi connectivity index (χ4v) is 3.62. The average Bonchev–Trinajstić information content (AvgIpc) is 3.13. The Morgan fingerprint density at radius 1 is 1.16 bits per heavy atom. The van der Waals surface area contributed by atoms with Crippen LogP contribution in [0.4, 0.5) is 11.5 Å². The molecule has 3 heterocycles. The Labute approximate surface area is 149 Å². The molecule has 124 valence electrons. The van der Waals surface area contributed by atoms with Crippen LogP contribution >= 0.6 is 11.3 Å². The number of aryl methyl sites for hydroxylation is 1. The number of thiazole rings is 1. The maximum atomic E-state index is 10.5. The predicted molar refractivity (Wildman–Crippen MR) is 102 cm³/mol. The molecule has 0 spiro atoms. The van der Waals surface area contributed by atoms with Crippen molar-refractivity contribution < 1.29 is 5.11 Å². The lowest BCUT2D eigenvalue weighted by atomic mass is 10.1. The summed E-state index contributed by atoms with van der Waals surface area (Å²) in [5.74, 6) is 0.811. The molecule has 0 saturated carbocycles. The number of aliphatic imine (C=N–C) groups is 1. The van der Waals surface area contributed by atoms with Crippen molar-refractivity contribution in [3.63, 3.8) is 0 Å². The zero-order valence-electron chi connectivity index (χ0n) is 13.8. The van der Waals surface area contributed by atoms with E-state index in [1.54, 1.807) is 11.6 Å². The van der Waals surface area contributed by atoms with Gasteiger partial charge in [-0.05, 0) is 31.2 Å². The zero-order chi connectivity index (χ0) is 17.4. The first-order valence-corrected chi connectivity index (χ1v) is 8.66. The Hall–Kier alpha value is -2.99. The molecule has 6 heteroatoms. The maximum Gasteiger partial charge on any atom is 0.210 e. The highest BCUT2D eigenvalue weighted by atomic mass is 32.1. The Balaban J connectivity index is 1.79. The van der Waals surface area contributed by atoms with Crippen molar-refractivity contribution in [2.24, 2.45) is 17.0 Å². The molecule has 1 N–H and O–H groups in total. The fourth-order valence-electron chi connectivity index (χ4n) is 2.64. The second-order valence-corrected chi connectivity index (χ2v) is 6.76. The first-order valence-electron chi connectivity index (χ1n) is 7.84. The van der Waals surface area contributed by atoms with E-state index in [1.807, 2.05) is 61.7 Å². The van der Waals surface area contributed by atoms with Crippen molar-refractivity contribution >= 4 is 40.7 Å². The third-order valence-corrected chi connectivity index (χ3v) is 5.02. The van der Waals surface area contributed by atoms with Gasteiger partial charge in [0.1, 0.15) is 0 Å². The topological polar surface area (TPSA) is 62.8 Å². The van der Waals surface area contributed by atoms with Crippen LogP contribution in [0.25, 0.3) is 11.6 Å². The van der Waals surface area contributed by atoms with Gasteiger partial charge in [-0.15, -0.1) is 0 Å². The fraction of sp³-hybridized carbons (Fsp3) is 0.105. The number of allylic oxidation sites excluding steroid dienone is 1. The van der Waals surface area contributed by atoms with E-state index in [0.29, 0.717) is 10.6 Å². The number of fused-ring (bicyclic) bond motifs is 1. The number of aromatic nitrogens is 2. The van der Waals surface area contributed by atoms with Crippen LogP contribution in [-0.2, 0) is 7.05 Å². The van der Waals surface area contributed by atoms with Crippen LogP contribution in [0.5, 0.6) is 5.88 Å². The van der Waals surface area contributed by atoms with Crippen molar-refractivity contribution in [1.29, 1.82) is 0 Å². The molecule has 1 aliphatic heterocycles. The minimum Gasteiger partial charge on any atom is -0.493 e. The predicted octanol–water partition coefficient (Wildman–Crippen LogP) is 3.98. The van der Waals surface area contributed by atoms with Gasteiger partial charge in [0.25, 0.3) is 0 Å². The standard InChI is InChI=1S/C19H16N4OS/c1-12-6-5-9-17(21-12)22-19-23(2)18(24)16(25-19)10-13-11-20-15-8-4-3-7-14(13)15/h3-11,24H,1-2H3/b13-10+,22-19+. The van der Waals surface area contributed by atoms with E-state index in [1.165, 1.54) is 11.3 Å². The molecule has 2 aromatic heterocycles. The molecule has 0 bridgehead atoms. The van der Waals surface area contributed by atoms with Crippen molar-refractivity contribution in [2.45, 2.75) is 6.92 Å². The second kappa shape index (κ2) is 6.14. The molecule has 3 aromatic rings. The Kier molecular flexibility index (Phi) is 3.82. The molecule has 1 aromatic carbocycles. The van der Waals surface area contributed by atoms with Gasteiger partial charge in [-0.3, -0.25) is 9.56 Å². The lowest BCUT2D eigenvalue weighted by molar-refractivity contribution is 0.427. The molecular formula is C19H16N4OS. The Bertz CT molecular complexity index is 1090. The van der Waals surface area contributed by atoms with Gasteiger partial charge < -0.3 is 5.11 Å². The number of hydrogen-bond donors (Lipinski definition) is 1. The summed E-state index contributed by atoms with van der Waals surface area (Å²) in [6, 6.07) is 13.7. The van der Waals surface area contributed by atoms with Gasteiger partial charge in [0.2, 0.25) is 5.88 Å². The van der Waals surface area contributed by atoms with E-state index in [-0.39, 0.29) is 5.88 Å². The first-order chi connectivity index (χ1) is 12.1. The van der Waals surface area contributed by atoms with E-state index in [4.69, 9.17) is 0 Å². The molecule has 0 saturated heterocycles. The Morgan fingerprint density at radius 2 is 2.00 bits per heavy atom. The monoisotopic (exact) mass is 348 g/mol. The van der Waals surface area contributed by atoms with Crippen LogP contribution in [-0.4, -0.2) is 20.9 Å². The zero-order valence-corrected chi connectivity index (χ0v) is 14.7. The van der Waals surface area contributed by atoms with Crippen LogP contribution in [0.2, 0.25) is 0 Å². The summed E-state index contributed by atoms with van der Waals surface area (Å²) in [5.41, 5.74) is 3.90. The van der Waals surface area contributed by atoms with E-state index >= 15 is 0 Å². The van der Waals surface area contributed by atoms with Crippen molar-refractivity contribution in [1.82, 2.24) is 9.55 Å². The molecule has 0 atom stereocenters. The van der Waals surface area contributed by atoms with E-state index < -0.39 is 0 Å². The third-order valence-electron chi connectivity index (χ3n) is 3.95. The number of benzene rings is 1.